The fourth-order valence-corrected chi connectivity index (χ4v) is 2.50. The van der Waals surface area contributed by atoms with Crippen molar-refractivity contribution in [2.75, 3.05) is 31.1 Å². The fourth-order valence-electron chi connectivity index (χ4n) is 2.14. The van der Waals surface area contributed by atoms with Crippen molar-refractivity contribution in [3.8, 4) is 0 Å². The van der Waals surface area contributed by atoms with Crippen molar-refractivity contribution in [3.63, 3.8) is 0 Å². The molecule has 96 valence electrons. The molecule has 1 aliphatic heterocycles. The summed E-state index contributed by atoms with van der Waals surface area (Å²) in [7, 11) is 0. The number of rotatable bonds is 1. The van der Waals surface area contributed by atoms with E-state index in [9.17, 15) is 0 Å². The van der Waals surface area contributed by atoms with Gasteiger partial charge in [0.2, 0.25) is 0 Å². The van der Waals surface area contributed by atoms with E-state index in [1.54, 1.807) is 6.33 Å². The number of nitrogens with one attached hydrogen (secondary N) is 1. The predicted octanol–water partition coefficient (Wildman–Crippen LogP) is 2.22. The number of nitrogens with zero attached hydrogens (tertiary/aromatic N) is 3. The average molecular weight is 330 g/mol. The average Bonchev–Trinajstić information content (AvgIpc) is 2.39. The molecule has 2 heterocycles. The standard InChI is InChI=1S/C12H13BrN4.ClH/c13-9-1-2-11-10(7-9)12(16-8-15-11)17-5-3-14-4-6-17;/h1-2,7-8,14H,3-6H2;1H. The van der Waals surface area contributed by atoms with Gasteiger partial charge in [-0.2, -0.15) is 0 Å². The Hall–Kier alpha value is -0.910. The quantitative estimate of drug-likeness (QED) is 0.871. The fraction of sp³-hybridized carbons (Fsp3) is 0.333. The summed E-state index contributed by atoms with van der Waals surface area (Å²) in [6.07, 6.45) is 1.65. The predicted molar refractivity (Wildman–Crippen MR) is 79.6 cm³/mol. The van der Waals surface area contributed by atoms with Gasteiger partial charge in [-0.05, 0) is 18.2 Å². The Morgan fingerprint density at radius 2 is 1.94 bits per heavy atom. The second kappa shape index (κ2) is 5.82. The van der Waals surface area contributed by atoms with Gasteiger partial charge in [0.1, 0.15) is 12.1 Å². The van der Waals surface area contributed by atoms with Crippen LogP contribution in [0, 0.1) is 0 Å². The van der Waals surface area contributed by atoms with Crippen molar-refractivity contribution in [1.29, 1.82) is 0 Å². The monoisotopic (exact) mass is 328 g/mol. The van der Waals surface area contributed by atoms with E-state index in [0.717, 1.165) is 47.4 Å². The van der Waals surface area contributed by atoms with Crippen LogP contribution in [0.4, 0.5) is 5.82 Å². The third-order valence-electron chi connectivity index (χ3n) is 2.99. The van der Waals surface area contributed by atoms with E-state index in [0.29, 0.717) is 0 Å². The van der Waals surface area contributed by atoms with Crippen LogP contribution < -0.4 is 10.2 Å². The molecule has 1 aromatic carbocycles. The number of aromatic nitrogens is 2. The van der Waals surface area contributed by atoms with Crippen molar-refractivity contribution in [1.82, 2.24) is 15.3 Å². The van der Waals surface area contributed by atoms with Crippen LogP contribution in [0.5, 0.6) is 0 Å². The first-order valence-corrected chi connectivity index (χ1v) is 6.50. The number of benzene rings is 1. The van der Waals surface area contributed by atoms with E-state index in [1.807, 2.05) is 12.1 Å². The van der Waals surface area contributed by atoms with Crippen LogP contribution in [-0.4, -0.2) is 36.1 Å². The number of halogens is 2. The summed E-state index contributed by atoms with van der Waals surface area (Å²) in [6.45, 7) is 4.02. The molecule has 0 unspecified atom stereocenters. The Kier molecular flexibility index (Phi) is 4.37. The topological polar surface area (TPSA) is 41.1 Å². The highest BCUT2D eigenvalue weighted by Gasteiger charge is 2.14. The van der Waals surface area contributed by atoms with Gasteiger partial charge in [0.25, 0.3) is 0 Å². The van der Waals surface area contributed by atoms with E-state index in [1.165, 1.54) is 0 Å². The zero-order valence-electron chi connectivity index (χ0n) is 9.77. The summed E-state index contributed by atoms with van der Waals surface area (Å²) in [5.41, 5.74) is 0.997. The number of piperazine rings is 1. The van der Waals surface area contributed by atoms with E-state index >= 15 is 0 Å². The molecule has 0 bridgehead atoms. The van der Waals surface area contributed by atoms with Crippen LogP contribution >= 0.6 is 28.3 Å². The summed E-state index contributed by atoms with van der Waals surface area (Å²) in [4.78, 5) is 11.1. The van der Waals surface area contributed by atoms with Crippen molar-refractivity contribution < 1.29 is 0 Å². The number of anilines is 1. The number of hydrogen-bond donors (Lipinski definition) is 1. The van der Waals surface area contributed by atoms with Gasteiger partial charge < -0.3 is 10.2 Å². The molecule has 1 N–H and O–H groups in total. The normalized spacial score (nSPS) is 15.5. The Labute approximate surface area is 120 Å². The van der Waals surface area contributed by atoms with Crippen LogP contribution in [-0.2, 0) is 0 Å². The maximum Gasteiger partial charge on any atom is 0.140 e. The Morgan fingerprint density at radius 3 is 2.72 bits per heavy atom. The summed E-state index contributed by atoms with van der Waals surface area (Å²) in [5.74, 6) is 1.04. The first kappa shape index (κ1) is 13.5. The summed E-state index contributed by atoms with van der Waals surface area (Å²) in [5, 5.41) is 4.46. The zero-order valence-corrected chi connectivity index (χ0v) is 12.2. The molecular weight excluding hydrogens is 316 g/mol. The molecule has 6 heteroatoms. The molecule has 1 aliphatic rings. The molecule has 2 aromatic rings. The minimum absolute atomic E-state index is 0. The van der Waals surface area contributed by atoms with Gasteiger partial charge in [0.05, 0.1) is 5.52 Å². The van der Waals surface area contributed by atoms with Crippen LogP contribution in [0.2, 0.25) is 0 Å². The lowest BCUT2D eigenvalue weighted by molar-refractivity contribution is 0.586. The molecule has 4 nitrogen and oxygen atoms in total. The maximum absolute atomic E-state index is 4.44. The van der Waals surface area contributed by atoms with Crippen molar-refractivity contribution in [2.24, 2.45) is 0 Å². The first-order valence-electron chi connectivity index (χ1n) is 5.70. The number of hydrogen-bond acceptors (Lipinski definition) is 4. The zero-order chi connectivity index (χ0) is 11.7. The molecule has 1 fully saturated rings. The minimum Gasteiger partial charge on any atom is -0.353 e. The van der Waals surface area contributed by atoms with Crippen molar-refractivity contribution in [2.45, 2.75) is 0 Å². The third kappa shape index (κ3) is 2.58. The molecule has 0 atom stereocenters. The number of fused-ring (bicyclic) bond motifs is 1. The smallest absolute Gasteiger partial charge is 0.140 e. The molecule has 0 radical (unpaired) electrons. The summed E-state index contributed by atoms with van der Waals surface area (Å²) < 4.78 is 1.07. The summed E-state index contributed by atoms with van der Waals surface area (Å²) in [6, 6.07) is 6.12. The highest BCUT2D eigenvalue weighted by Crippen LogP contribution is 2.26. The first-order chi connectivity index (χ1) is 8.34. The summed E-state index contributed by atoms with van der Waals surface area (Å²) >= 11 is 3.50. The molecule has 18 heavy (non-hydrogen) atoms. The van der Waals surface area contributed by atoms with Crippen LogP contribution in [0.15, 0.2) is 29.0 Å². The third-order valence-corrected chi connectivity index (χ3v) is 3.49. The van der Waals surface area contributed by atoms with E-state index in [4.69, 9.17) is 0 Å². The van der Waals surface area contributed by atoms with Gasteiger partial charge in [0, 0.05) is 36.0 Å². The van der Waals surface area contributed by atoms with Crippen LogP contribution in [0.1, 0.15) is 0 Å². The Bertz CT molecular complexity index is 543. The van der Waals surface area contributed by atoms with E-state index in [2.05, 4.69) is 42.2 Å². The largest absolute Gasteiger partial charge is 0.353 e. The van der Waals surface area contributed by atoms with Gasteiger partial charge in [-0.15, -0.1) is 12.4 Å². The molecule has 0 aliphatic carbocycles. The molecule has 0 amide bonds. The Balaban J connectivity index is 0.00000120. The highest BCUT2D eigenvalue weighted by atomic mass is 79.9. The molecule has 1 aromatic heterocycles. The highest BCUT2D eigenvalue weighted by molar-refractivity contribution is 9.10. The van der Waals surface area contributed by atoms with Crippen molar-refractivity contribution in [3.05, 3.63) is 29.0 Å². The van der Waals surface area contributed by atoms with Gasteiger partial charge in [-0.25, -0.2) is 9.97 Å². The van der Waals surface area contributed by atoms with Gasteiger partial charge in [-0.3, -0.25) is 0 Å². The molecule has 0 saturated carbocycles. The van der Waals surface area contributed by atoms with E-state index in [-0.39, 0.29) is 12.4 Å². The second-order valence-electron chi connectivity index (χ2n) is 4.10. The van der Waals surface area contributed by atoms with Crippen LogP contribution in [0.25, 0.3) is 10.9 Å². The van der Waals surface area contributed by atoms with Gasteiger partial charge >= 0.3 is 0 Å². The van der Waals surface area contributed by atoms with Gasteiger partial charge in [-0.1, -0.05) is 15.9 Å². The lowest BCUT2D eigenvalue weighted by Gasteiger charge is -2.29. The second-order valence-corrected chi connectivity index (χ2v) is 5.01. The van der Waals surface area contributed by atoms with Gasteiger partial charge in [0.15, 0.2) is 0 Å². The minimum atomic E-state index is 0. The SMILES string of the molecule is Brc1ccc2ncnc(N3CCNCC3)c2c1.Cl. The molecular formula is C12H14BrClN4. The molecule has 1 saturated heterocycles. The molecule has 0 spiro atoms. The Morgan fingerprint density at radius 1 is 1.17 bits per heavy atom. The van der Waals surface area contributed by atoms with Crippen molar-refractivity contribution >= 4 is 45.1 Å². The molecule has 3 rings (SSSR count). The maximum atomic E-state index is 4.44. The lowest BCUT2D eigenvalue weighted by atomic mass is 10.2. The lowest BCUT2D eigenvalue weighted by Crippen LogP contribution is -2.44. The van der Waals surface area contributed by atoms with E-state index < -0.39 is 0 Å². The van der Waals surface area contributed by atoms with Crippen LogP contribution in [0.3, 0.4) is 0 Å².